The molecule has 1 aliphatic rings. The first kappa shape index (κ1) is 19.6. The number of rotatable bonds is 5. The molecule has 29 heavy (non-hydrogen) atoms. The van der Waals surface area contributed by atoms with Crippen molar-refractivity contribution in [1.82, 2.24) is 14.5 Å². The molecule has 0 saturated carbocycles. The van der Waals surface area contributed by atoms with Crippen molar-refractivity contribution in [3.8, 4) is 0 Å². The van der Waals surface area contributed by atoms with Gasteiger partial charge in [0, 0.05) is 39.0 Å². The van der Waals surface area contributed by atoms with Crippen LogP contribution in [0.15, 0.2) is 41.5 Å². The van der Waals surface area contributed by atoms with Gasteiger partial charge >= 0.3 is 0 Å². The number of anilines is 1. The average molecular weight is 413 g/mol. The number of benzene rings is 1. The molecule has 3 heterocycles. The number of carbonyl (C=O) groups excluding carboxylic acids is 1. The van der Waals surface area contributed by atoms with E-state index in [2.05, 4.69) is 22.0 Å². The van der Waals surface area contributed by atoms with E-state index in [1.807, 2.05) is 30.0 Å². The topological polar surface area (TPSA) is 67.7 Å². The Bertz CT molecular complexity index is 1070. The molecular weight excluding hydrogens is 388 g/mol. The third-order valence-electron chi connectivity index (χ3n) is 5.34. The van der Waals surface area contributed by atoms with Crippen LogP contribution in [-0.4, -0.2) is 60.3 Å². The van der Waals surface area contributed by atoms with Gasteiger partial charge in [-0.25, -0.2) is 4.98 Å². The van der Waals surface area contributed by atoms with Gasteiger partial charge in [0.15, 0.2) is 0 Å². The molecule has 7 nitrogen and oxygen atoms in total. The number of hydrogen-bond acceptors (Lipinski definition) is 6. The first-order valence-corrected chi connectivity index (χ1v) is 10.5. The molecule has 152 valence electrons. The van der Waals surface area contributed by atoms with Gasteiger partial charge in [0.2, 0.25) is 0 Å². The van der Waals surface area contributed by atoms with E-state index in [-0.39, 0.29) is 11.5 Å². The van der Waals surface area contributed by atoms with Gasteiger partial charge in [0.25, 0.3) is 11.5 Å². The van der Waals surface area contributed by atoms with Crippen molar-refractivity contribution < 1.29 is 9.53 Å². The number of amides is 1. The number of ether oxygens (including phenoxy) is 1. The van der Waals surface area contributed by atoms with Crippen molar-refractivity contribution in [2.45, 2.75) is 13.5 Å². The second-order valence-corrected chi connectivity index (χ2v) is 8.09. The Labute approximate surface area is 173 Å². The van der Waals surface area contributed by atoms with Crippen molar-refractivity contribution in [2.75, 3.05) is 44.8 Å². The predicted octanol–water partition coefficient (Wildman–Crippen LogP) is 2.38. The van der Waals surface area contributed by atoms with Crippen molar-refractivity contribution >= 4 is 33.1 Å². The van der Waals surface area contributed by atoms with Crippen LogP contribution in [0.3, 0.4) is 0 Å². The van der Waals surface area contributed by atoms with Crippen LogP contribution in [0.4, 0.5) is 5.69 Å². The van der Waals surface area contributed by atoms with E-state index < -0.39 is 0 Å². The Morgan fingerprint density at radius 2 is 1.90 bits per heavy atom. The van der Waals surface area contributed by atoms with Gasteiger partial charge in [-0.1, -0.05) is 18.2 Å². The summed E-state index contributed by atoms with van der Waals surface area (Å²) in [5.41, 5.74) is 1.79. The fraction of sp³-hybridized carbons (Fsp3) is 0.381. The van der Waals surface area contributed by atoms with Crippen LogP contribution in [0.2, 0.25) is 0 Å². The lowest BCUT2D eigenvalue weighted by Crippen LogP contribution is -2.48. The molecule has 8 heteroatoms. The minimum Gasteiger partial charge on any atom is -0.383 e. The van der Waals surface area contributed by atoms with E-state index in [0.717, 1.165) is 18.7 Å². The Kier molecular flexibility index (Phi) is 5.64. The van der Waals surface area contributed by atoms with Crippen LogP contribution in [0.25, 0.3) is 10.2 Å². The lowest BCUT2D eigenvalue weighted by atomic mass is 10.2. The van der Waals surface area contributed by atoms with Crippen LogP contribution >= 0.6 is 11.3 Å². The van der Waals surface area contributed by atoms with E-state index in [9.17, 15) is 9.59 Å². The average Bonchev–Trinajstić information content (AvgIpc) is 3.10. The van der Waals surface area contributed by atoms with Crippen molar-refractivity contribution in [3.63, 3.8) is 0 Å². The van der Waals surface area contributed by atoms with Gasteiger partial charge in [0.1, 0.15) is 4.83 Å². The lowest BCUT2D eigenvalue weighted by Gasteiger charge is -2.36. The number of methoxy groups -OCH3 is 1. The zero-order valence-corrected chi connectivity index (χ0v) is 17.4. The molecule has 4 rings (SSSR count). The lowest BCUT2D eigenvalue weighted by molar-refractivity contribution is 0.0751. The summed E-state index contributed by atoms with van der Waals surface area (Å²) in [6.07, 6.45) is 1.53. The molecule has 2 aromatic heterocycles. The molecule has 0 unspecified atom stereocenters. The molecule has 1 fully saturated rings. The highest BCUT2D eigenvalue weighted by atomic mass is 32.1. The molecule has 3 aromatic rings. The molecule has 1 amide bonds. The van der Waals surface area contributed by atoms with Gasteiger partial charge in [-0.15, -0.1) is 11.3 Å². The second kappa shape index (κ2) is 8.34. The summed E-state index contributed by atoms with van der Waals surface area (Å²) in [6.45, 7) is 5.63. The fourth-order valence-corrected chi connectivity index (χ4v) is 4.77. The Morgan fingerprint density at radius 1 is 1.17 bits per heavy atom. The first-order valence-electron chi connectivity index (χ1n) is 9.67. The number of aryl methyl sites for hydroxylation is 1. The zero-order valence-electron chi connectivity index (χ0n) is 16.6. The standard InChI is InChI=1S/C21H24N4O3S/c1-15-17-19(22-14-25(20(17)26)12-13-28-2)29-18(15)21(27)24-10-8-23(9-11-24)16-6-4-3-5-7-16/h3-7,14H,8-13H2,1-2H3. The number of hydrogen-bond donors (Lipinski definition) is 0. The molecule has 0 N–H and O–H groups in total. The van der Waals surface area contributed by atoms with Crippen molar-refractivity contribution in [2.24, 2.45) is 0 Å². The summed E-state index contributed by atoms with van der Waals surface area (Å²) in [7, 11) is 1.60. The zero-order chi connectivity index (χ0) is 20.4. The third kappa shape index (κ3) is 3.77. The predicted molar refractivity (Wildman–Crippen MR) is 115 cm³/mol. The van der Waals surface area contributed by atoms with Crippen LogP contribution < -0.4 is 10.5 Å². The van der Waals surface area contributed by atoms with E-state index in [0.29, 0.717) is 41.3 Å². The Balaban J connectivity index is 1.54. The van der Waals surface area contributed by atoms with E-state index in [4.69, 9.17) is 4.74 Å². The molecule has 1 aliphatic heterocycles. The van der Waals surface area contributed by atoms with Gasteiger partial charge in [-0.05, 0) is 24.6 Å². The quantitative estimate of drug-likeness (QED) is 0.644. The highest BCUT2D eigenvalue weighted by molar-refractivity contribution is 7.20. The molecular formula is C21H24N4O3S. The molecule has 0 aliphatic carbocycles. The van der Waals surface area contributed by atoms with Crippen LogP contribution in [0.5, 0.6) is 0 Å². The minimum atomic E-state index is -0.117. The summed E-state index contributed by atoms with van der Waals surface area (Å²) >= 11 is 1.31. The molecule has 1 saturated heterocycles. The SMILES string of the molecule is COCCn1cnc2sc(C(=O)N3CCN(c4ccccc4)CC3)c(C)c2c1=O. The Hall–Kier alpha value is -2.71. The number of aromatic nitrogens is 2. The number of nitrogens with zero attached hydrogens (tertiary/aromatic N) is 4. The van der Waals surface area contributed by atoms with Gasteiger partial charge in [-0.3, -0.25) is 14.2 Å². The third-order valence-corrected chi connectivity index (χ3v) is 6.52. The summed E-state index contributed by atoms with van der Waals surface area (Å²) in [4.78, 5) is 35.8. The molecule has 0 spiro atoms. The monoisotopic (exact) mass is 412 g/mol. The summed E-state index contributed by atoms with van der Waals surface area (Å²) in [5, 5.41) is 0.542. The smallest absolute Gasteiger partial charge is 0.264 e. The van der Waals surface area contributed by atoms with Gasteiger partial charge in [0.05, 0.1) is 29.7 Å². The van der Waals surface area contributed by atoms with Crippen molar-refractivity contribution in [3.05, 3.63) is 57.5 Å². The minimum absolute atomic E-state index is 0.0129. The number of para-hydroxylation sites is 1. The largest absolute Gasteiger partial charge is 0.383 e. The second-order valence-electron chi connectivity index (χ2n) is 7.09. The molecule has 0 atom stereocenters. The maximum absolute atomic E-state index is 13.2. The van der Waals surface area contributed by atoms with Crippen molar-refractivity contribution in [1.29, 1.82) is 0 Å². The highest BCUT2D eigenvalue weighted by Gasteiger charge is 2.26. The van der Waals surface area contributed by atoms with Crippen LogP contribution in [0.1, 0.15) is 15.2 Å². The number of carbonyl (C=O) groups is 1. The maximum atomic E-state index is 13.2. The number of thiophene rings is 1. The maximum Gasteiger partial charge on any atom is 0.264 e. The van der Waals surface area contributed by atoms with E-state index in [1.54, 1.807) is 11.7 Å². The van der Waals surface area contributed by atoms with Gasteiger partial charge < -0.3 is 14.5 Å². The summed E-state index contributed by atoms with van der Waals surface area (Å²) < 4.78 is 6.60. The van der Waals surface area contributed by atoms with E-state index in [1.165, 1.54) is 23.4 Å². The molecule has 0 bridgehead atoms. The molecule has 1 aromatic carbocycles. The summed E-state index contributed by atoms with van der Waals surface area (Å²) in [5.74, 6) is -0.0129. The van der Waals surface area contributed by atoms with Crippen LogP contribution in [-0.2, 0) is 11.3 Å². The van der Waals surface area contributed by atoms with E-state index >= 15 is 0 Å². The highest BCUT2D eigenvalue weighted by Crippen LogP contribution is 2.28. The Morgan fingerprint density at radius 3 is 2.59 bits per heavy atom. The fourth-order valence-electron chi connectivity index (χ4n) is 3.66. The molecule has 0 radical (unpaired) electrons. The first-order chi connectivity index (χ1) is 14.1. The normalized spacial score (nSPS) is 14.6. The number of piperazine rings is 1. The number of fused-ring (bicyclic) bond motifs is 1. The van der Waals surface area contributed by atoms with Gasteiger partial charge in [-0.2, -0.15) is 0 Å². The van der Waals surface area contributed by atoms with Crippen LogP contribution in [0, 0.1) is 6.92 Å². The summed E-state index contributed by atoms with van der Waals surface area (Å²) in [6, 6.07) is 10.2.